The van der Waals surface area contributed by atoms with E-state index in [4.69, 9.17) is 16.7 Å². The number of ether oxygens (including phenoxy) is 1. The summed E-state index contributed by atoms with van der Waals surface area (Å²) in [5, 5.41) is 23.8. The van der Waals surface area contributed by atoms with Gasteiger partial charge in [0.05, 0.1) is 5.69 Å². The first kappa shape index (κ1) is 22.2. The van der Waals surface area contributed by atoms with Crippen LogP contribution in [-0.2, 0) is 0 Å². The predicted molar refractivity (Wildman–Crippen MR) is 118 cm³/mol. The van der Waals surface area contributed by atoms with E-state index in [1.807, 2.05) is 6.07 Å². The molecule has 1 atom stereocenters. The van der Waals surface area contributed by atoms with Crippen LogP contribution in [0.3, 0.4) is 0 Å². The first-order chi connectivity index (χ1) is 16.2. The summed E-state index contributed by atoms with van der Waals surface area (Å²) in [4.78, 5) is 8.74. The van der Waals surface area contributed by atoms with Crippen LogP contribution in [-0.4, -0.2) is 17.3 Å². The number of hydrogen-bond acceptors (Lipinski definition) is 9. The van der Waals surface area contributed by atoms with Crippen molar-refractivity contribution in [1.29, 1.82) is 10.5 Å². The van der Waals surface area contributed by atoms with Crippen LogP contribution in [0, 0.1) is 22.8 Å². The number of alkyl halides is 3. The molecular weight excluding hydrogens is 449 g/mol. The number of halogens is 3. The number of guanidine groups is 1. The summed E-state index contributed by atoms with van der Waals surface area (Å²) in [6.45, 7) is 0. The van der Waals surface area contributed by atoms with E-state index in [-0.39, 0.29) is 34.6 Å². The number of nitrogen functional groups attached to an aromatic ring is 2. The van der Waals surface area contributed by atoms with Gasteiger partial charge < -0.3 is 21.5 Å². The van der Waals surface area contributed by atoms with Gasteiger partial charge in [-0.05, 0) is 28.8 Å². The Morgan fingerprint density at radius 1 is 1.06 bits per heavy atom. The smallest absolute Gasteiger partial charge is 0.406 e. The molecule has 34 heavy (non-hydrogen) atoms. The summed E-state index contributed by atoms with van der Waals surface area (Å²) < 4.78 is 41.5. The number of nitriles is 2. The van der Waals surface area contributed by atoms with E-state index in [2.05, 4.69) is 25.3 Å². The van der Waals surface area contributed by atoms with Crippen LogP contribution in [0.4, 0.5) is 30.5 Å². The Bertz CT molecular complexity index is 1370. The molecule has 9 nitrogen and oxygen atoms in total. The van der Waals surface area contributed by atoms with Gasteiger partial charge in [-0.3, -0.25) is 5.32 Å². The van der Waals surface area contributed by atoms with Crippen LogP contribution >= 0.6 is 0 Å². The quantitative estimate of drug-likeness (QED) is 0.338. The van der Waals surface area contributed by atoms with Crippen molar-refractivity contribution < 1.29 is 17.9 Å². The second-order valence-corrected chi connectivity index (χ2v) is 7.06. The highest BCUT2D eigenvalue weighted by molar-refractivity contribution is 5.98. The standard InChI is InChI=1S/C22H15F3N8O/c23-22(24,25)34-12-7-5-11(6-8-12)13-3-1-2-4-14(13)18-16-17(28)15(9-26)19(29)32-20(16)33-21(31-18)30-10-27/h1-8,18H,(H6,28,29,30,31,32,33). The zero-order valence-corrected chi connectivity index (χ0v) is 17.2. The maximum atomic E-state index is 12.5. The number of nitrogens with one attached hydrogen (secondary N) is 2. The molecule has 0 fully saturated rings. The number of rotatable bonds is 3. The van der Waals surface area contributed by atoms with E-state index in [1.165, 1.54) is 24.3 Å². The zero-order valence-electron chi connectivity index (χ0n) is 17.2. The summed E-state index contributed by atoms with van der Waals surface area (Å²) in [5.41, 5.74) is 14.4. The van der Waals surface area contributed by atoms with Crippen LogP contribution in [0.15, 0.2) is 53.5 Å². The molecule has 1 aliphatic rings. The number of hydrogen-bond donors (Lipinski definition) is 4. The lowest BCUT2D eigenvalue weighted by Crippen LogP contribution is -2.32. The highest BCUT2D eigenvalue weighted by Gasteiger charge is 2.32. The number of nitrogens with two attached hydrogens (primary N) is 2. The molecule has 170 valence electrons. The minimum Gasteiger partial charge on any atom is -0.406 e. The van der Waals surface area contributed by atoms with Gasteiger partial charge in [0.2, 0.25) is 5.96 Å². The molecular formula is C22H15F3N8O. The van der Waals surface area contributed by atoms with Gasteiger partial charge >= 0.3 is 6.36 Å². The first-order valence-electron chi connectivity index (χ1n) is 9.65. The molecule has 2 heterocycles. The fourth-order valence-electron chi connectivity index (χ4n) is 3.64. The highest BCUT2D eigenvalue weighted by atomic mass is 19.4. The molecule has 1 unspecified atom stereocenters. The van der Waals surface area contributed by atoms with E-state index >= 15 is 0 Å². The third kappa shape index (κ3) is 4.20. The van der Waals surface area contributed by atoms with E-state index < -0.39 is 12.4 Å². The molecule has 0 aliphatic carbocycles. The molecule has 1 aliphatic heterocycles. The highest BCUT2D eigenvalue weighted by Crippen LogP contribution is 2.43. The molecule has 0 saturated heterocycles. The van der Waals surface area contributed by atoms with Crippen LogP contribution < -0.4 is 26.8 Å². The van der Waals surface area contributed by atoms with Gasteiger partial charge in [0, 0.05) is 5.56 Å². The molecule has 6 N–H and O–H groups in total. The number of aliphatic imine (C=N–C) groups is 1. The van der Waals surface area contributed by atoms with Crippen LogP contribution in [0.25, 0.3) is 11.1 Å². The molecule has 3 aromatic rings. The topological polar surface area (TPSA) is 158 Å². The summed E-state index contributed by atoms with van der Waals surface area (Å²) in [7, 11) is 0. The predicted octanol–water partition coefficient (Wildman–Crippen LogP) is 3.62. The maximum absolute atomic E-state index is 12.5. The van der Waals surface area contributed by atoms with Crippen molar-refractivity contribution >= 4 is 23.3 Å². The summed E-state index contributed by atoms with van der Waals surface area (Å²) in [5.74, 6) is -0.144. The van der Waals surface area contributed by atoms with Crippen LogP contribution in [0.5, 0.6) is 5.75 Å². The molecule has 0 bridgehead atoms. The SMILES string of the molecule is N#CNC1=NC(c2ccccc2-c2ccc(OC(F)(F)F)cc2)c2c(nc(N)c(C#N)c2N)N1. The van der Waals surface area contributed by atoms with E-state index in [9.17, 15) is 18.4 Å². The molecule has 12 heteroatoms. The molecule has 0 amide bonds. The molecule has 1 aromatic heterocycles. The lowest BCUT2D eigenvalue weighted by atomic mass is 9.89. The third-order valence-corrected chi connectivity index (χ3v) is 5.01. The maximum Gasteiger partial charge on any atom is 0.573 e. The van der Waals surface area contributed by atoms with Gasteiger partial charge in [-0.25, -0.2) is 9.98 Å². The summed E-state index contributed by atoms with van der Waals surface area (Å²) in [6.07, 6.45) is -3.03. The Kier molecular flexibility index (Phi) is 5.57. The number of pyridine rings is 1. The molecule has 4 rings (SSSR count). The van der Waals surface area contributed by atoms with Crippen molar-refractivity contribution in [3.8, 4) is 29.1 Å². The molecule has 0 radical (unpaired) electrons. The molecule has 2 aromatic carbocycles. The number of nitrogens with zero attached hydrogens (tertiary/aromatic N) is 4. The normalized spacial score (nSPS) is 14.6. The van der Waals surface area contributed by atoms with Crippen LogP contribution in [0.2, 0.25) is 0 Å². The summed E-state index contributed by atoms with van der Waals surface area (Å²) in [6, 6.07) is 13.5. The van der Waals surface area contributed by atoms with Crippen molar-refractivity contribution in [2.24, 2.45) is 4.99 Å². The lowest BCUT2D eigenvalue weighted by Gasteiger charge is -2.27. The number of anilines is 3. The van der Waals surface area contributed by atoms with Gasteiger partial charge in [-0.15, -0.1) is 13.2 Å². The number of fused-ring (bicyclic) bond motifs is 1. The van der Waals surface area contributed by atoms with Crippen molar-refractivity contribution in [3.05, 3.63) is 65.2 Å². The Morgan fingerprint density at radius 3 is 2.41 bits per heavy atom. The number of benzene rings is 2. The minimum absolute atomic E-state index is 0.0106. The molecule has 0 saturated carbocycles. The van der Waals surface area contributed by atoms with Crippen LogP contribution in [0.1, 0.15) is 22.7 Å². The van der Waals surface area contributed by atoms with Gasteiger partial charge in [0.15, 0.2) is 6.19 Å². The second kappa shape index (κ2) is 8.52. The van der Waals surface area contributed by atoms with E-state index in [0.29, 0.717) is 22.3 Å². The van der Waals surface area contributed by atoms with Crippen molar-refractivity contribution in [2.75, 3.05) is 16.8 Å². The zero-order chi connectivity index (χ0) is 24.5. The fraction of sp³-hybridized carbons (Fsp3) is 0.0909. The van der Waals surface area contributed by atoms with Crippen molar-refractivity contribution in [1.82, 2.24) is 10.3 Å². The largest absolute Gasteiger partial charge is 0.573 e. The number of aromatic nitrogens is 1. The molecule has 0 spiro atoms. The van der Waals surface area contributed by atoms with E-state index in [0.717, 1.165) is 0 Å². The monoisotopic (exact) mass is 464 g/mol. The average molecular weight is 464 g/mol. The Labute approximate surface area is 191 Å². The first-order valence-corrected chi connectivity index (χ1v) is 9.65. The third-order valence-electron chi connectivity index (χ3n) is 5.01. The van der Waals surface area contributed by atoms with Gasteiger partial charge in [-0.2, -0.15) is 10.5 Å². The van der Waals surface area contributed by atoms with Gasteiger partial charge in [0.1, 0.15) is 35.1 Å². The average Bonchev–Trinajstić information content (AvgIpc) is 2.78. The Hall–Kier alpha value is -4.97. The van der Waals surface area contributed by atoms with E-state index in [1.54, 1.807) is 30.5 Å². The fourth-order valence-corrected chi connectivity index (χ4v) is 3.64. The Balaban J connectivity index is 1.86. The second-order valence-electron chi connectivity index (χ2n) is 7.06. The van der Waals surface area contributed by atoms with Gasteiger partial charge in [-0.1, -0.05) is 36.4 Å². The van der Waals surface area contributed by atoms with Gasteiger partial charge in [0.25, 0.3) is 0 Å². The lowest BCUT2D eigenvalue weighted by molar-refractivity contribution is -0.274. The van der Waals surface area contributed by atoms with Crippen molar-refractivity contribution in [2.45, 2.75) is 12.4 Å². The van der Waals surface area contributed by atoms with Crippen molar-refractivity contribution in [3.63, 3.8) is 0 Å². The summed E-state index contributed by atoms with van der Waals surface area (Å²) >= 11 is 0. The Morgan fingerprint density at radius 2 is 1.76 bits per heavy atom. The minimum atomic E-state index is -4.80.